The molecule has 0 saturated heterocycles. The van der Waals surface area contributed by atoms with Gasteiger partial charge in [-0.05, 0) is 12.1 Å². The highest BCUT2D eigenvalue weighted by molar-refractivity contribution is 5.92. The molecule has 5 nitrogen and oxygen atoms in total. The lowest BCUT2D eigenvalue weighted by Gasteiger charge is -2.05. The highest BCUT2D eigenvalue weighted by atomic mass is 16.1. The van der Waals surface area contributed by atoms with E-state index >= 15 is 0 Å². The highest BCUT2D eigenvalue weighted by Gasteiger charge is 2.09. The number of fused-ring (bicyclic) bond motifs is 1. The van der Waals surface area contributed by atoms with E-state index in [0.717, 1.165) is 16.7 Å². The van der Waals surface area contributed by atoms with Gasteiger partial charge in [0.1, 0.15) is 5.69 Å². The third kappa shape index (κ3) is 1.92. The van der Waals surface area contributed by atoms with E-state index in [2.05, 4.69) is 15.0 Å². The van der Waals surface area contributed by atoms with Crippen LogP contribution in [0.2, 0.25) is 0 Å². The number of carbonyl (C=O) groups excluding carboxylic acids is 1. The normalized spacial score (nSPS) is 10.4. The zero-order valence-electron chi connectivity index (χ0n) is 10.2. The lowest BCUT2D eigenvalue weighted by Crippen LogP contribution is -1.94. The quantitative estimate of drug-likeness (QED) is 0.519. The van der Waals surface area contributed by atoms with E-state index in [4.69, 9.17) is 0 Å². The van der Waals surface area contributed by atoms with Gasteiger partial charge in [-0.15, -0.1) is 0 Å². The molecule has 0 aliphatic heterocycles. The molecule has 0 spiro atoms. The first kappa shape index (κ1) is 11.3. The van der Waals surface area contributed by atoms with E-state index in [1.165, 1.54) is 0 Å². The molecule has 5 heteroatoms. The van der Waals surface area contributed by atoms with Crippen LogP contribution < -0.4 is 0 Å². The molecule has 0 bridgehead atoms. The Balaban J connectivity index is 2.33. The number of imidazole rings is 1. The third-order valence-corrected chi connectivity index (χ3v) is 2.91. The summed E-state index contributed by atoms with van der Waals surface area (Å²) in [5.41, 5.74) is 2.01. The molecule has 3 aromatic rings. The van der Waals surface area contributed by atoms with Gasteiger partial charge in [-0.2, -0.15) is 4.99 Å². The molecule has 19 heavy (non-hydrogen) atoms. The number of rotatable bonds is 2. The minimum Gasteiger partial charge on any atom is -0.333 e. The van der Waals surface area contributed by atoms with Crippen molar-refractivity contribution >= 4 is 22.7 Å². The van der Waals surface area contributed by atoms with Crippen LogP contribution in [0.3, 0.4) is 0 Å². The summed E-state index contributed by atoms with van der Waals surface area (Å²) in [7, 11) is 1.89. The maximum Gasteiger partial charge on any atom is 0.240 e. The topological polar surface area (TPSA) is 60.1 Å². The lowest BCUT2D eigenvalue weighted by molar-refractivity contribution is 0.565. The number of hydrogen-bond acceptors (Lipinski definition) is 4. The molecule has 0 aliphatic carbocycles. The van der Waals surface area contributed by atoms with E-state index in [1.807, 2.05) is 42.1 Å². The van der Waals surface area contributed by atoms with Gasteiger partial charge in [-0.25, -0.2) is 14.8 Å². The predicted octanol–water partition coefficient (Wildman–Crippen LogP) is 2.60. The zero-order valence-corrected chi connectivity index (χ0v) is 10.2. The molecule has 0 amide bonds. The van der Waals surface area contributed by atoms with Crippen molar-refractivity contribution in [1.29, 1.82) is 0 Å². The number of nitrogens with zero attached hydrogens (tertiary/aromatic N) is 4. The maximum absolute atomic E-state index is 10.5. The van der Waals surface area contributed by atoms with Crippen molar-refractivity contribution in [3.63, 3.8) is 0 Å². The van der Waals surface area contributed by atoms with E-state index < -0.39 is 0 Å². The summed E-state index contributed by atoms with van der Waals surface area (Å²) in [5, 5.41) is 0.823. The number of isocyanates is 1. The zero-order chi connectivity index (χ0) is 13.2. The van der Waals surface area contributed by atoms with Crippen molar-refractivity contribution in [3.8, 4) is 11.5 Å². The molecule has 92 valence electrons. The Hall–Kier alpha value is -2.78. The predicted molar refractivity (Wildman–Crippen MR) is 71.7 cm³/mol. The third-order valence-electron chi connectivity index (χ3n) is 2.91. The molecule has 0 aliphatic rings. The fourth-order valence-corrected chi connectivity index (χ4v) is 2.03. The standard InChI is InChI=1S/C14H10N4O/c1-18-7-6-15-14(18)13-8-12(16-9-19)10-4-2-3-5-11(10)17-13/h2-8H,1H3. The number of aliphatic imine (C=N–C) groups is 1. The van der Waals surface area contributed by atoms with Gasteiger partial charge in [0.25, 0.3) is 0 Å². The second-order valence-electron chi connectivity index (χ2n) is 4.11. The van der Waals surface area contributed by atoms with Crippen LogP contribution in [0.15, 0.2) is 47.7 Å². The first-order chi connectivity index (χ1) is 9.29. The molecule has 0 unspecified atom stereocenters. The van der Waals surface area contributed by atoms with Crippen LogP contribution in [0, 0.1) is 0 Å². The molecule has 0 saturated carbocycles. The molecule has 2 heterocycles. The maximum atomic E-state index is 10.5. The Bertz CT molecular complexity index is 800. The molecule has 0 radical (unpaired) electrons. The largest absolute Gasteiger partial charge is 0.333 e. The number of aromatic nitrogens is 3. The molecule has 1 aromatic carbocycles. The van der Waals surface area contributed by atoms with Crippen LogP contribution >= 0.6 is 0 Å². The van der Waals surface area contributed by atoms with Crippen molar-refractivity contribution in [1.82, 2.24) is 14.5 Å². The van der Waals surface area contributed by atoms with Gasteiger partial charge in [-0.1, -0.05) is 18.2 Å². The van der Waals surface area contributed by atoms with Crippen molar-refractivity contribution in [2.75, 3.05) is 0 Å². The Labute approximate surface area is 109 Å². The summed E-state index contributed by atoms with van der Waals surface area (Å²) in [6.45, 7) is 0. The van der Waals surface area contributed by atoms with Crippen molar-refractivity contribution in [2.45, 2.75) is 0 Å². The number of hydrogen-bond donors (Lipinski definition) is 0. The van der Waals surface area contributed by atoms with Crippen LogP contribution in [0.4, 0.5) is 5.69 Å². The van der Waals surface area contributed by atoms with Crippen LogP contribution in [-0.2, 0) is 11.8 Å². The number of aryl methyl sites for hydroxylation is 1. The van der Waals surface area contributed by atoms with Gasteiger partial charge in [0, 0.05) is 24.8 Å². The smallest absolute Gasteiger partial charge is 0.240 e. The molecule has 0 atom stereocenters. The molecule has 3 rings (SSSR count). The summed E-state index contributed by atoms with van der Waals surface area (Å²) in [5.74, 6) is 0.730. The van der Waals surface area contributed by atoms with E-state index in [1.54, 1.807) is 18.3 Å². The Morgan fingerprint density at radius 2 is 2.16 bits per heavy atom. The molecular formula is C14H10N4O. The van der Waals surface area contributed by atoms with Gasteiger partial charge < -0.3 is 4.57 Å². The molecule has 0 N–H and O–H groups in total. The first-order valence-corrected chi connectivity index (χ1v) is 5.75. The van der Waals surface area contributed by atoms with Crippen LogP contribution in [0.25, 0.3) is 22.4 Å². The minimum absolute atomic E-state index is 0.554. The van der Waals surface area contributed by atoms with Gasteiger partial charge >= 0.3 is 0 Å². The van der Waals surface area contributed by atoms with Crippen molar-refractivity contribution < 1.29 is 4.79 Å². The van der Waals surface area contributed by atoms with Crippen molar-refractivity contribution in [3.05, 3.63) is 42.7 Å². The van der Waals surface area contributed by atoms with E-state index in [9.17, 15) is 4.79 Å². The summed E-state index contributed by atoms with van der Waals surface area (Å²) in [4.78, 5) is 23.1. The van der Waals surface area contributed by atoms with Gasteiger partial charge in [0.05, 0.1) is 11.2 Å². The lowest BCUT2D eigenvalue weighted by atomic mass is 10.1. The van der Waals surface area contributed by atoms with Gasteiger partial charge in [0.15, 0.2) is 5.82 Å². The number of para-hydroxylation sites is 1. The van der Waals surface area contributed by atoms with E-state index in [-0.39, 0.29) is 0 Å². The Morgan fingerprint density at radius 1 is 1.32 bits per heavy atom. The van der Waals surface area contributed by atoms with E-state index in [0.29, 0.717) is 11.4 Å². The highest BCUT2D eigenvalue weighted by Crippen LogP contribution is 2.28. The second-order valence-corrected chi connectivity index (χ2v) is 4.11. The SMILES string of the molecule is Cn1ccnc1-c1cc(N=C=O)c2ccccc2n1. The monoisotopic (exact) mass is 250 g/mol. The molecular weight excluding hydrogens is 240 g/mol. The fraction of sp³-hybridized carbons (Fsp3) is 0.0714. The summed E-state index contributed by atoms with van der Waals surface area (Å²) in [6, 6.07) is 9.28. The van der Waals surface area contributed by atoms with Crippen LogP contribution in [-0.4, -0.2) is 20.6 Å². The summed E-state index contributed by atoms with van der Waals surface area (Å²) < 4.78 is 1.87. The van der Waals surface area contributed by atoms with Gasteiger partial charge in [-0.3, -0.25) is 0 Å². The Kier molecular flexibility index (Phi) is 2.67. The van der Waals surface area contributed by atoms with Gasteiger partial charge in [0.2, 0.25) is 6.08 Å². The first-order valence-electron chi connectivity index (χ1n) is 5.75. The summed E-state index contributed by atoms with van der Waals surface area (Å²) in [6.07, 6.45) is 5.13. The fourth-order valence-electron chi connectivity index (χ4n) is 2.03. The van der Waals surface area contributed by atoms with Crippen molar-refractivity contribution in [2.24, 2.45) is 12.0 Å². The second kappa shape index (κ2) is 4.48. The summed E-state index contributed by atoms with van der Waals surface area (Å²) >= 11 is 0. The number of benzene rings is 1. The average molecular weight is 250 g/mol. The Morgan fingerprint density at radius 3 is 2.89 bits per heavy atom. The molecule has 2 aromatic heterocycles. The van der Waals surface area contributed by atoms with Crippen LogP contribution in [0.5, 0.6) is 0 Å². The van der Waals surface area contributed by atoms with Crippen LogP contribution in [0.1, 0.15) is 0 Å². The average Bonchev–Trinajstić information content (AvgIpc) is 2.85. The minimum atomic E-state index is 0.554. The number of pyridine rings is 1. The molecule has 0 fully saturated rings.